The zero-order chi connectivity index (χ0) is 15.2. The summed E-state index contributed by atoms with van der Waals surface area (Å²) in [5, 5.41) is 0. The summed E-state index contributed by atoms with van der Waals surface area (Å²) in [5.74, 6) is 1.00. The van der Waals surface area contributed by atoms with Gasteiger partial charge in [0, 0.05) is 25.6 Å². The minimum absolute atomic E-state index is 0.244. The first-order valence-electron chi connectivity index (χ1n) is 8.19. The predicted octanol–water partition coefficient (Wildman–Crippen LogP) is 2.90. The van der Waals surface area contributed by atoms with Crippen molar-refractivity contribution in [3.8, 4) is 0 Å². The molecule has 0 spiro atoms. The first-order chi connectivity index (χ1) is 10.1. The number of nitrogens with two attached hydrogens (primary N) is 1. The lowest BCUT2D eigenvalue weighted by Crippen LogP contribution is -2.49. The van der Waals surface area contributed by atoms with Crippen molar-refractivity contribution in [3.05, 3.63) is 35.4 Å². The number of amides is 1. The highest BCUT2D eigenvalue weighted by Crippen LogP contribution is 2.25. The summed E-state index contributed by atoms with van der Waals surface area (Å²) < 4.78 is 0. The molecule has 3 nitrogen and oxygen atoms in total. The van der Waals surface area contributed by atoms with E-state index in [0.29, 0.717) is 13.0 Å². The zero-order valence-electron chi connectivity index (χ0n) is 13.3. The summed E-state index contributed by atoms with van der Waals surface area (Å²) in [6, 6.07) is 8.66. The second kappa shape index (κ2) is 7.60. The zero-order valence-corrected chi connectivity index (χ0v) is 13.3. The lowest BCUT2D eigenvalue weighted by Gasteiger charge is -2.39. The van der Waals surface area contributed by atoms with Gasteiger partial charge >= 0.3 is 0 Å². The van der Waals surface area contributed by atoms with E-state index >= 15 is 0 Å². The standard InChI is InChI=1S/C18H28N2O/c1-3-15-9-10-20(17(12-15)13-19)18(21)8-7-16-6-4-5-14(2)11-16/h4-6,11,15,17H,3,7-10,12-13,19H2,1-2H3. The van der Waals surface area contributed by atoms with Crippen LogP contribution in [0.2, 0.25) is 0 Å². The molecule has 1 fully saturated rings. The summed E-state index contributed by atoms with van der Waals surface area (Å²) in [5.41, 5.74) is 8.38. The molecule has 1 aromatic rings. The Hall–Kier alpha value is -1.35. The van der Waals surface area contributed by atoms with Crippen molar-refractivity contribution in [2.24, 2.45) is 11.7 Å². The molecule has 1 aromatic carbocycles. The van der Waals surface area contributed by atoms with Gasteiger partial charge in [-0.25, -0.2) is 0 Å². The molecule has 1 aliphatic rings. The number of hydrogen-bond acceptors (Lipinski definition) is 2. The fourth-order valence-corrected chi connectivity index (χ4v) is 3.32. The van der Waals surface area contributed by atoms with Crippen LogP contribution in [0.3, 0.4) is 0 Å². The second-order valence-electron chi connectivity index (χ2n) is 6.26. The number of hydrogen-bond donors (Lipinski definition) is 1. The van der Waals surface area contributed by atoms with Crippen molar-refractivity contribution in [1.82, 2.24) is 4.90 Å². The van der Waals surface area contributed by atoms with Gasteiger partial charge in [0.1, 0.15) is 0 Å². The number of nitrogens with zero attached hydrogens (tertiary/aromatic N) is 1. The maximum Gasteiger partial charge on any atom is 0.223 e. The van der Waals surface area contributed by atoms with E-state index < -0.39 is 0 Å². The topological polar surface area (TPSA) is 46.3 Å². The maximum atomic E-state index is 12.5. The van der Waals surface area contributed by atoms with Gasteiger partial charge in [0.2, 0.25) is 5.91 Å². The third kappa shape index (κ3) is 4.31. The van der Waals surface area contributed by atoms with Gasteiger partial charge in [-0.3, -0.25) is 4.79 Å². The molecule has 2 unspecified atom stereocenters. The molecule has 1 heterocycles. The van der Waals surface area contributed by atoms with Gasteiger partial charge in [-0.1, -0.05) is 43.2 Å². The Kier molecular flexibility index (Phi) is 5.80. The van der Waals surface area contributed by atoms with Crippen molar-refractivity contribution < 1.29 is 4.79 Å². The van der Waals surface area contributed by atoms with Gasteiger partial charge in [0.25, 0.3) is 0 Å². The summed E-state index contributed by atoms with van der Waals surface area (Å²) in [7, 11) is 0. The number of piperidine rings is 1. The van der Waals surface area contributed by atoms with Crippen molar-refractivity contribution >= 4 is 5.91 Å². The number of carbonyl (C=O) groups is 1. The quantitative estimate of drug-likeness (QED) is 0.905. The Morgan fingerprint density at radius 3 is 2.90 bits per heavy atom. The van der Waals surface area contributed by atoms with Crippen LogP contribution in [-0.4, -0.2) is 29.9 Å². The Morgan fingerprint density at radius 1 is 1.43 bits per heavy atom. The van der Waals surface area contributed by atoms with E-state index in [1.54, 1.807) is 0 Å². The molecule has 2 N–H and O–H groups in total. The molecule has 1 aliphatic heterocycles. The van der Waals surface area contributed by atoms with Crippen LogP contribution in [0.15, 0.2) is 24.3 Å². The van der Waals surface area contributed by atoms with Crippen LogP contribution in [0, 0.1) is 12.8 Å². The number of rotatable bonds is 5. The van der Waals surface area contributed by atoms with E-state index in [1.807, 2.05) is 4.90 Å². The number of carbonyl (C=O) groups excluding carboxylic acids is 1. The van der Waals surface area contributed by atoms with Crippen molar-refractivity contribution in [1.29, 1.82) is 0 Å². The number of benzene rings is 1. The Bertz CT molecular complexity index is 472. The van der Waals surface area contributed by atoms with Crippen LogP contribution in [0.1, 0.15) is 43.7 Å². The number of aryl methyl sites for hydroxylation is 2. The van der Waals surface area contributed by atoms with Crippen molar-refractivity contribution in [2.75, 3.05) is 13.1 Å². The van der Waals surface area contributed by atoms with Gasteiger partial charge in [-0.2, -0.15) is 0 Å². The minimum atomic E-state index is 0.244. The third-order valence-electron chi connectivity index (χ3n) is 4.70. The van der Waals surface area contributed by atoms with Gasteiger partial charge in [-0.05, 0) is 37.7 Å². The van der Waals surface area contributed by atoms with E-state index in [2.05, 4.69) is 38.1 Å². The SMILES string of the molecule is CCC1CCN(C(=O)CCc2cccc(C)c2)C(CN)C1. The van der Waals surface area contributed by atoms with E-state index in [9.17, 15) is 4.79 Å². The molecular weight excluding hydrogens is 260 g/mol. The lowest BCUT2D eigenvalue weighted by molar-refractivity contribution is -0.135. The van der Waals surface area contributed by atoms with E-state index in [-0.39, 0.29) is 11.9 Å². The lowest BCUT2D eigenvalue weighted by atomic mass is 9.88. The fourth-order valence-electron chi connectivity index (χ4n) is 3.32. The normalized spacial score (nSPS) is 22.3. The van der Waals surface area contributed by atoms with Crippen LogP contribution >= 0.6 is 0 Å². The first kappa shape index (κ1) is 16.0. The van der Waals surface area contributed by atoms with Crippen molar-refractivity contribution in [3.63, 3.8) is 0 Å². The molecule has 0 saturated carbocycles. The fraction of sp³-hybridized carbons (Fsp3) is 0.611. The molecule has 0 radical (unpaired) electrons. The molecule has 2 rings (SSSR count). The Labute approximate surface area is 128 Å². The minimum Gasteiger partial charge on any atom is -0.338 e. The summed E-state index contributed by atoms with van der Waals surface area (Å²) in [4.78, 5) is 14.5. The van der Waals surface area contributed by atoms with Gasteiger partial charge in [0.15, 0.2) is 0 Å². The molecule has 3 heteroatoms. The molecule has 2 atom stereocenters. The molecule has 1 saturated heterocycles. The van der Waals surface area contributed by atoms with Crippen LogP contribution in [0.4, 0.5) is 0 Å². The van der Waals surface area contributed by atoms with Gasteiger partial charge in [-0.15, -0.1) is 0 Å². The largest absolute Gasteiger partial charge is 0.338 e. The molecule has 0 aromatic heterocycles. The molecule has 21 heavy (non-hydrogen) atoms. The summed E-state index contributed by atoms with van der Waals surface area (Å²) >= 11 is 0. The second-order valence-corrected chi connectivity index (χ2v) is 6.26. The van der Waals surface area contributed by atoms with Gasteiger partial charge < -0.3 is 10.6 Å². The van der Waals surface area contributed by atoms with Crippen LogP contribution in [0.25, 0.3) is 0 Å². The molecule has 0 aliphatic carbocycles. The monoisotopic (exact) mass is 288 g/mol. The Morgan fingerprint density at radius 2 is 2.24 bits per heavy atom. The average molecular weight is 288 g/mol. The molecular formula is C18H28N2O. The molecule has 116 valence electrons. The first-order valence-corrected chi connectivity index (χ1v) is 8.19. The maximum absolute atomic E-state index is 12.5. The third-order valence-corrected chi connectivity index (χ3v) is 4.70. The predicted molar refractivity (Wildman–Crippen MR) is 87.1 cm³/mol. The average Bonchev–Trinajstić information content (AvgIpc) is 2.52. The smallest absolute Gasteiger partial charge is 0.223 e. The molecule has 1 amide bonds. The van der Waals surface area contributed by atoms with E-state index in [4.69, 9.17) is 5.73 Å². The highest BCUT2D eigenvalue weighted by molar-refractivity contribution is 5.77. The van der Waals surface area contributed by atoms with Crippen LogP contribution in [0.5, 0.6) is 0 Å². The number of likely N-dealkylation sites (tertiary alicyclic amines) is 1. The highest BCUT2D eigenvalue weighted by Gasteiger charge is 2.29. The van der Waals surface area contributed by atoms with Crippen molar-refractivity contribution in [2.45, 2.75) is 52.0 Å². The summed E-state index contributed by atoms with van der Waals surface area (Å²) in [6.07, 6.45) is 4.82. The highest BCUT2D eigenvalue weighted by atomic mass is 16.2. The molecule has 0 bridgehead atoms. The summed E-state index contributed by atoms with van der Waals surface area (Å²) in [6.45, 7) is 5.79. The van der Waals surface area contributed by atoms with E-state index in [0.717, 1.165) is 31.7 Å². The Balaban J connectivity index is 1.90. The van der Waals surface area contributed by atoms with Crippen LogP contribution in [-0.2, 0) is 11.2 Å². The van der Waals surface area contributed by atoms with Crippen LogP contribution < -0.4 is 5.73 Å². The van der Waals surface area contributed by atoms with E-state index in [1.165, 1.54) is 17.5 Å². The van der Waals surface area contributed by atoms with Gasteiger partial charge in [0.05, 0.1) is 0 Å².